The van der Waals surface area contributed by atoms with Crippen molar-refractivity contribution in [2.75, 3.05) is 33.0 Å². The maximum atomic E-state index is 5.44. The third kappa shape index (κ3) is 1.55. The molecular weight excluding hydrogens is 144 g/mol. The second-order valence-electron chi connectivity index (χ2n) is 3.24. The van der Waals surface area contributed by atoms with Crippen LogP contribution in [0.1, 0.15) is 12.8 Å². The molecule has 0 N–H and O–H groups in total. The summed E-state index contributed by atoms with van der Waals surface area (Å²) in [6.07, 6.45) is 2.10. The molecule has 0 bridgehead atoms. The Morgan fingerprint density at radius 3 is 2.00 bits per heavy atom. The molecule has 0 aromatic rings. The Hall–Kier alpha value is -0.120. The molecular formula is C8H14O3. The zero-order valence-electron chi connectivity index (χ0n) is 6.67. The van der Waals surface area contributed by atoms with Crippen molar-refractivity contribution in [2.24, 2.45) is 0 Å². The van der Waals surface area contributed by atoms with E-state index >= 15 is 0 Å². The normalized spacial score (nSPS) is 30.5. The third-order valence-electron chi connectivity index (χ3n) is 2.27. The van der Waals surface area contributed by atoms with Crippen LogP contribution >= 0.6 is 0 Å². The van der Waals surface area contributed by atoms with Gasteiger partial charge in [-0.3, -0.25) is 0 Å². The lowest BCUT2D eigenvalue weighted by molar-refractivity contribution is -0.216. The van der Waals surface area contributed by atoms with E-state index in [1.807, 2.05) is 0 Å². The van der Waals surface area contributed by atoms with Crippen LogP contribution < -0.4 is 0 Å². The standard InChI is InChI=1S/C8H14O3/c1-3-9-6-8(2-5-11-8)7-10-4-1/h1-7H2. The minimum absolute atomic E-state index is 0.0690. The first-order chi connectivity index (χ1) is 5.41. The predicted octanol–water partition coefficient (Wildman–Crippen LogP) is 0.582. The van der Waals surface area contributed by atoms with Crippen LogP contribution in [-0.4, -0.2) is 38.6 Å². The molecule has 64 valence electrons. The van der Waals surface area contributed by atoms with Gasteiger partial charge in [0.05, 0.1) is 19.8 Å². The molecule has 0 saturated carbocycles. The summed E-state index contributed by atoms with van der Waals surface area (Å²) < 4.78 is 16.3. The number of hydrogen-bond donors (Lipinski definition) is 0. The summed E-state index contributed by atoms with van der Waals surface area (Å²) in [4.78, 5) is 0. The summed E-state index contributed by atoms with van der Waals surface area (Å²) in [5.74, 6) is 0. The summed E-state index contributed by atoms with van der Waals surface area (Å²) in [7, 11) is 0. The maximum Gasteiger partial charge on any atom is 0.117 e. The number of hydrogen-bond acceptors (Lipinski definition) is 3. The molecule has 0 unspecified atom stereocenters. The zero-order chi connectivity index (χ0) is 7.57. The average Bonchev–Trinajstić information content (AvgIpc) is 1.82. The molecule has 11 heavy (non-hydrogen) atoms. The van der Waals surface area contributed by atoms with Crippen LogP contribution in [0.25, 0.3) is 0 Å². The molecule has 3 heteroatoms. The van der Waals surface area contributed by atoms with Gasteiger partial charge in [-0.1, -0.05) is 0 Å². The minimum Gasteiger partial charge on any atom is -0.378 e. The first-order valence-corrected chi connectivity index (χ1v) is 4.21. The first kappa shape index (κ1) is 7.53. The second-order valence-corrected chi connectivity index (χ2v) is 3.24. The summed E-state index contributed by atoms with van der Waals surface area (Å²) in [5.41, 5.74) is -0.0690. The monoisotopic (exact) mass is 158 g/mol. The molecule has 3 nitrogen and oxygen atoms in total. The molecule has 2 rings (SSSR count). The Bertz CT molecular complexity index is 121. The van der Waals surface area contributed by atoms with Crippen molar-refractivity contribution in [1.29, 1.82) is 0 Å². The minimum atomic E-state index is -0.0690. The van der Waals surface area contributed by atoms with Crippen molar-refractivity contribution >= 4 is 0 Å². The lowest BCUT2D eigenvalue weighted by Gasteiger charge is -2.42. The smallest absolute Gasteiger partial charge is 0.117 e. The Morgan fingerprint density at radius 1 is 0.909 bits per heavy atom. The SMILES string of the molecule is C1COCC2(CCO2)COC1. The van der Waals surface area contributed by atoms with E-state index in [2.05, 4.69) is 0 Å². The van der Waals surface area contributed by atoms with Crippen LogP contribution in [-0.2, 0) is 14.2 Å². The fourth-order valence-corrected chi connectivity index (χ4v) is 1.44. The lowest BCUT2D eigenvalue weighted by Crippen LogP contribution is -2.52. The molecule has 2 aliphatic rings. The Balaban J connectivity index is 1.86. The average molecular weight is 158 g/mol. The lowest BCUT2D eigenvalue weighted by atomic mass is 9.97. The van der Waals surface area contributed by atoms with Gasteiger partial charge in [-0.05, 0) is 6.42 Å². The fraction of sp³-hybridized carbons (Fsp3) is 1.00. The van der Waals surface area contributed by atoms with Crippen LogP contribution in [0.2, 0.25) is 0 Å². The van der Waals surface area contributed by atoms with E-state index in [1.165, 1.54) is 0 Å². The Labute approximate surface area is 66.6 Å². The molecule has 0 atom stereocenters. The molecule has 2 saturated heterocycles. The zero-order valence-corrected chi connectivity index (χ0v) is 6.67. The maximum absolute atomic E-state index is 5.44. The summed E-state index contributed by atoms with van der Waals surface area (Å²) in [6, 6.07) is 0. The Morgan fingerprint density at radius 2 is 1.55 bits per heavy atom. The van der Waals surface area contributed by atoms with Crippen molar-refractivity contribution in [3.05, 3.63) is 0 Å². The molecule has 0 aromatic carbocycles. The van der Waals surface area contributed by atoms with Crippen LogP contribution in [0.3, 0.4) is 0 Å². The van der Waals surface area contributed by atoms with Gasteiger partial charge in [-0.15, -0.1) is 0 Å². The van der Waals surface area contributed by atoms with E-state index in [0.29, 0.717) is 13.2 Å². The van der Waals surface area contributed by atoms with Gasteiger partial charge in [0.2, 0.25) is 0 Å². The van der Waals surface area contributed by atoms with Crippen molar-refractivity contribution in [1.82, 2.24) is 0 Å². The highest BCUT2D eigenvalue weighted by Crippen LogP contribution is 2.27. The molecule has 0 aliphatic carbocycles. The van der Waals surface area contributed by atoms with Crippen LogP contribution in [0.5, 0.6) is 0 Å². The van der Waals surface area contributed by atoms with E-state index in [1.54, 1.807) is 0 Å². The summed E-state index contributed by atoms with van der Waals surface area (Å²) in [5, 5.41) is 0. The van der Waals surface area contributed by atoms with Crippen molar-refractivity contribution in [3.8, 4) is 0 Å². The molecule has 2 heterocycles. The largest absolute Gasteiger partial charge is 0.378 e. The highest BCUT2D eigenvalue weighted by Gasteiger charge is 2.39. The van der Waals surface area contributed by atoms with Crippen LogP contribution in [0, 0.1) is 0 Å². The van der Waals surface area contributed by atoms with Gasteiger partial charge in [0.25, 0.3) is 0 Å². The third-order valence-corrected chi connectivity index (χ3v) is 2.27. The molecule has 2 aliphatic heterocycles. The van der Waals surface area contributed by atoms with Gasteiger partial charge in [0.15, 0.2) is 0 Å². The summed E-state index contributed by atoms with van der Waals surface area (Å²) >= 11 is 0. The van der Waals surface area contributed by atoms with Gasteiger partial charge in [0.1, 0.15) is 5.60 Å². The number of rotatable bonds is 0. The van der Waals surface area contributed by atoms with Gasteiger partial charge in [-0.2, -0.15) is 0 Å². The molecule has 1 spiro atoms. The van der Waals surface area contributed by atoms with Crippen LogP contribution in [0.4, 0.5) is 0 Å². The fourth-order valence-electron chi connectivity index (χ4n) is 1.44. The Kier molecular flexibility index (Phi) is 2.11. The second kappa shape index (κ2) is 3.09. The van der Waals surface area contributed by atoms with E-state index in [9.17, 15) is 0 Å². The number of ether oxygens (including phenoxy) is 3. The van der Waals surface area contributed by atoms with E-state index in [0.717, 1.165) is 32.7 Å². The molecule has 0 amide bonds. The first-order valence-electron chi connectivity index (χ1n) is 4.21. The molecule has 0 radical (unpaired) electrons. The topological polar surface area (TPSA) is 27.7 Å². The highest BCUT2D eigenvalue weighted by molar-refractivity contribution is 4.87. The van der Waals surface area contributed by atoms with E-state index in [4.69, 9.17) is 14.2 Å². The van der Waals surface area contributed by atoms with Gasteiger partial charge in [0, 0.05) is 19.6 Å². The van der Waals surface area contributed by atoms with Gasteiger partial charge < -0.3 is 14.2 Å². The van der Waals surface area contributed by atoms with E-state index in [-0.39, 0.29) is 5.60 Å². The van der Waals surface area contributed by atoms with Crippen molar-refractivity contribution in [3.63, 3.8) is 0 Å². The quantitative estimate of drug-likeness (QED) is 0.516. The summed E-state index contributed by atoms with van der Waals surface area (Å²) in [6.45, 7) is 3.92. The van der Waals surface area contributed by atoms with Gasteiger partial charge in [-0.25, -0.2) is 0 Å². The van der Waals surface area contributed by atoms with Gasteiger partial charge >= 0.3 is 0 Å². The molecule has 0 aromatic heterocycles. The molecule has 2 fully saturated rings. The van der Waals surface area contributed by atoms with E-state index < -0.39 is 0 Å². The van der Waals surface area contributed by atoms with Crippen molar-refractivity contribution < 1.29 is 14.2 Å². The van der Waals surface area contributed by atoms with Crippen molar-refractivity contribution in [2.45, 2.75) is 18.4 Å². The predicted molar refractivity (Wildman–Crippen MR) is 39.6 cm³/mol. The highest BCUT2D eigenvalue weighted by atomic mass is 16.6. The van der Waals surface area contributed by atoms with Crippen LogP contribution in [0.15, 0.2) is 0 Å².